The lowest BCUT2D eigenvalue weighted by Gasteiger charge is -2.28. The fourth-order valence-electron chi connectivity index (χ4n) is 3.38. The van der Waals surface area contributed by atoms with Gasteiger partial charge >= 0.3 is 0 Å². The van der Waals surface area contributed by atoms with Crippen molar-refractivity contribution in [1.82, 2.24) is 19.5 Å². The average Bonchev–Trinajstić information content (AvgIpc) is 3.05. The second-order valence-electron chi connectivity index (χ2n) is 6.48. The molecule has 2 aromatic heterocycles. The number of hydrogen-bond donors (Lipinski definition) is 1. The number of hydrogen-bond acceptors (Lipinski definition) is 5. The Morgan fingerprint density at radius 2 is 1.92 bits per heavy atom. The number of fused-ring (bicyclic) bond motifs is 1. The van der Waals surface area contributed by atoms with Gasteiger partial charge in [-0.1, -0.05) is 23.2 Å². The van der Waals surface area contributed by atoms with Crippen LogP contribution in [0.2, 0.25) is 10.2 Å². The summed E-state index contributed by atoms with van der Waals surface area (Å²) in [7, 11) is 1.77. The number of nitrogens with one attached hydrogen (secondary N) is 1. The van der Waals surface area contributed by atoms with E-state index in [1.807, 2.05) is 18.2 Å². The lowest BCUT2D eigenvalue weighted by Crippen LogP contribution is -2.29. The number of rotatable bonds is 4. The van der Waals surface area contributed by atoms with Gasteiger partial charge in [-0.3, -0.25) is 4.57 Å². The highest BCUT2D eigenvalue weighted by molar-refractivity contribution is 6.31. The second-order valence-corrected chi connectivity index (χ2v) is 7.30. The van der Waals surface area contributed by atoms with Crippen LogP contribution in [0.5, 0.6) is 0 Å². The number of halogens is 2. The lowest BCUT2D eigenvalue weighted by molar-refractivity contribution is 0.0681. The van der Waals surface area contributed by atoms with E-state index in [2.05, 4.69) is 20.3 Å². The van der Waals surface area contributed by atoms with Crippen molar-refractivity contribution in [1.29, 1.82) is 0 Å². The molecule has 0 spiro atoms. The van der Waals surface area contributed by atoms with Crippen molar-refractivity contribution in [3.05, 3.63) is 40.8 Å². The molecule has 1 aromatic carbocycles. The molecule has 0 radical (unpaired) electrons. The number of anilines is 1. The Morgan fingerprint density at radius 1 is 1.12 bits per heavy atom. The topological polar surface area (TPSA) is 64.9 Å². The predicted molar refractivity (Wildman–Crippen MR) is 103 cm³/mol. The summed E-state index contributed by atoms with van der Waals surface area (Å²) in [6.45, 7) is 0. The lowest BCUT2D eigenvalue weighted by atomic mass is 9.93. The van der Waals surface area contributed by atoms with Gasteiger partial charge in [-0.05, 0) is 43.9 Å². The third kappa shape index (κ3) is 3.63. The largest absolute Gasteiger partial charge is 0.381 e. The van der Waals surface area contributed by atoms with E-state index in [1.54, 1.807) is 24.1 Å². The molecule has 0 aliphatic heterocycles. The summed E-state index contributed by atoms with van der Waals surface area (Å²) in [5.41, 5.74) is 1.66. The van der Waals surface area contributed by atoms with E-state index < -0.39 is 0 Å². The molecule has 0 amide bonds. The maximum Gasteiger partial charge on any atom is 0.238 e. The summed E-state index contributed by atoms with van der Waals surface area (Å²) in [6, 6.07) is 7.62. The molecule has 1 aliphatic rings. The van der Waals surface area contributed by atoms with Gasteiger partial charge in [-0.25, -0.2) is 9.97 Å². The molecule has 0 saturated heterocycles. The molecule has 1 N–H and O–H groups in total. The summed E-state index contributed by atoms with van der Waals surface area (Å²) < 4.78 is 7.22. The smallest absolute Gasteiger partial charge is 0.238 e. The standard InChI is InChI=1S/C18H19Cl2N5O/c1-26-13-5-3-12(4-6-13)22-17-9-16(20)23-18(24-17)25-10-21-14-7-2-11(19)8-15(14)25/h2,7-10,12-13H,3-6H2,1H3,(H,22,23,24). The fourth-order valence-corrected chi connectivity index (χ4v) is 3.72. The monoisotopic (exact) mass is 391 g/mol. The van der Waals surface area contributed by atoms with E-state index in [4.69, 9.17) is 27.9 Å². The van der Waals surface area contributed by atoms with Crippen LogP contribution in [-0.2, 0) is 4.74 Å². The first-order valence-corrected chi connectivity index (χ1v) is 9.35. The average molecular weight is 392 g/mol. The van der Waals surface area contributed by atoms with E-state index in [1.165, 1.54) is 0 Å². The number of nitrogens with zero attached hydrogens (tertiary/aromatic N) is 4. The molecule has 6 nitrogen and oxygen atoms in total. The molecule has 8 heteroatoms. The maximum atomic E-state index is 6.24. The van der Waals surface area contributed by atoms with Crippen LogP contribution in [0.25, 0.3) is 17.0 Å². The summed E-state index contributed by atoms with van der Waals surface area (Å²) in [5.74, 6) is 1.18. The molecule has 2 heterocycles. The molecule has 0 unspecified atom stereocenters. The molecule has 4 rings (SSSR count). The molecule has 26 heavy (non-hydrogen) atoms. The first kappa shape index (κ1) is 17.5. The fraction of sp³-hybridized carbons (Fsp3) is 0.389. The molecule has 136 valence electrons. The first-order valence-electron chi connectivity index (χ1n) is 8.59. The maximum absolute atomic E-state index is 6.24. The number of ether oxygens (including phenoxy) is 1. The van der Waals surface area contributed by atoms with E-state index >= 15 is 0 Å². The van der Waals surface area contributed by atoms with Gasteiger partial charge < -0.3 is 10.1 Å². The minimum absolute atomic E-state index is 0.356. The van der Waals surface area contributed by atoms with Crippen molar-refractivity contribution in [2.24, 2.45) is 0 Å². The normalized spacial score (nSPS) is 20.4. The van der Waals surface area contributed by atoms with E-state index in [0.717, 1.165) is 36.7 Å². The number of benzene rings is 1. The Balaban J connectivity index is 1.61. The molecule has 1 fully saturated rings. The van der Waals surface area contributed by atoms with Gasteiger partial charge in [0.1, 0.15) is 17.3 Å². The van der Waals surface area contributed by atoms with Crippen LogP contribution in [-0.4, -0.2) is 38.8 Å². The number of aromatic nitrogens is 4. The Morgan fingerprint density at radius 3 is 2.69 bits per heavy atom. The summed E-state index contributed by atoms with van der Waals surface area (Å²) in [6.07, 6.45) is 6.22. The third-order valence-electron chi connectivity index (χ3n) is 4.77. The van der Waals surface area contributed by atoms with E-state index in [-0.39, 0.29) is 0 Å². The van der Waals surface area contributed by atoms with Crippen molar-refractivity contribution in [2.45, 2.75) is 37.8 Å². The van der Waals surface area contributed by atoms with Gasteiger partial charge in [0.05, 0.1) is 17.1 Å². The zero-order valence-corrected chi connectivity index (χ0v) is 15.8. The van der Waals surface area contributed by atoms with Crippen LogP contribution in [0, 0.1) is 0 Å². The Bertz CT molecular complexity index is 921. The van der Waals surface area contributed by atoms with Gasteiger partial charge in [0.25, 0.3) is 0 Å². The Kier molecular flexibility index (Phi) is 4.98. The molecule has 3 aromatic rings. The zero-order valence-electron chi connectivity index (χ0n) is 14.3. The molecular formula is C18H19Cl2N5O. The summed E-state index contributed by atoms with van der Waals surface area (Å²) >= 11 is 12.4. The van der Waals surface area contributed by atoms with Crippen LogP contribution < -0.4 is 5.32 Å². The minimum Gasteiger partial charge on any atom is -0.381 e. The molecule has 0 atom stereocenters. The van der Waals surface area contributed by atoms with Gasteiger partial charge in [-0.15, -0.1) is 0 Å². The van der Waals surface area contributed by atoms with Crippen molar-refractivity contribution in [3.8, 4) is 5.95 Å². The predicted octanol–water partition coefficient (Wildman–Crippen LogP) is 4.49. The highest BCUT2D eigenvalue weighted by atomic mass is 35.5. The van der Waals surface area contributed by atoms with E-state index in [9.17, 15) is 0 Å². The zero-order chi connectivity index (χ0) is 18.1. The Labute approximate surface area is 161 Å². The van der Waals surface area contributed by atoms with Crippen molar-refractivity contribution < 1.29 is 4.74 Å². The van der Waals surface area contributed by atoms with Gasteiger partial charge in [0.15, 0.2) is 0 Å². The van der Waals surface area contributed by atoms with E-state index in [0.29, 0.717) is 34.1 Å². The molecular weight excluding hydrogens is 373 g/mol. The highest BCUT2D eigenvalue weighted by Crippen LogP contribution is 2.25. The third-order valence-corrected chi connectivity index (χ3v) is 5.20. The van der Waals surface area contributed by atoms with Gasteiger partial charge in [0, 0.05) is 24.2 Å². The van der Waals surface area contributed by atoms with Crippen LogP contribution in [0.3, 0.4) is 0 Å². The van der Waals surface area contributed by atoms with Crippen LogP contribution in [0.1, 0.15) is 25.7 Å². The van der Waals surface area contributed by atoms with Crippen molar-refractivity contribution in [3.63, 3.8) is 0 Å². The van der Waals surface area contributed by atoms with Crippen molar-refractivity contribution >= 4 is 40.1 Å². The first-order chi connectivity index (χ1) is 12.6. The van der Waals surface area contributed by atoms with Crippen molar-refractivity contribution in [2.75, 3.05) is 12.4 Å². The minimum atomic E-state index is 0.356. The van der Waals surface area contributed by atoms with Gasteiger partial charge in [0.2, 0.25) is 5.95 Å². The quantitative estimate of drug-likeness (QED) is 0.663. The van der Waals surface area contributed by atoms with Crippen LogP contribution in [0.15, 0.2) is 30.6 Å². The number of imidazole rings is 1. The Hall–Kier alpha value is -1.89. The second kappa shape index (κ2) is 7.39. The van der Waals surface area contributed by atoms with Crippen LogP contribution in [0.4, 0.5) is 5.82 Å². The molecule has 0 bridgehead atoms. The SMILES string of the molecule is COC1CCC(Nc2cc(Cl)nc(-n3cnc4ccc(Cl)cc43)n2)CC1. The van der Waals surface area contributed by atoms with Gasteiger partial charge in [-0.2, -0.15) is 4.98 Å². The molecule has 1 saturated carbocycles. The van der Waals surface area contributed by atoms with Crippen LogP contribution >= 0.6 is 23.2 Å². The summed E-state index contributed by atoms with van der Waals surface area (Å²) in [4.78, 5) is 13.4. The molecule has 1 aliphatic carbocycles. The summed E-state index contributed by atoms with van der Waals surface area (Å²) in [5, 5.41) is 4.49. The number of methoxy groups -OCH3 is 1. The highest BCUT2D eigenvalue weighted by Gasteiger charge is 2.21.